The molecular formula is C12H24N4O2. The zero-order valence-electron chi connectivity index (χ0n) is 11.8. The van der Waals surface area contributed by atoms with E-state index in [1.807, 2.05) is 0 Å². The first-order valence-corrected chi connectivity index (χ1v) is 6.15. The Balaban J connectivity index is 2.68. The number of carbonyl (C=O) groups is 2. The number of amides is 2. The van der Waals surface area contributed by atoms with Crippen LogP contribution in [0.4, 0.5) is 0 Å². The van der Waals surface area contributed by atoms with E-state index in [4.69, 9.17) is 5.84 Å². The van der Waals surface area contributed by atoms with Gasteiger partial charge in [-0.1, -0.05) is 0 Å². The van der Waals surface area contributed by atoms with Crippen LogP contribution in [0.5, 0.6) is 0 Å². The second-order valence-electron chi connectivity index (χ2n) is 6.39. The first kappa shape index (κ1) is 14.9. The Hall–Kier alpha value is -1.14. The summed E-state index contributed by atoms with van der Waals surface area (Å²) in [7, 11) is 1.36. The van der Waals surface area contributed by atoms with Gasteiger partial charge in [-0.25, -0.2) is 5.84 Å². The molecule has 0 aromatic rings. The van der Waals surface area contributed by atoms with Crippen LogP contribution >= 0.6 is 0 Å². The molecule has 0 aromatic carbocycles. The molecule has 0 bridgehead atoms. The second-order valence-corrected chi connectivity index (χ2v) is 6.39. The molecule has 4 N–H and O–H groups in total. The zero-order valence-corrected chi connectivity index (χ0v) is 11.8. The highest BCUT2D eigenvalue weighted by molar-refractivity contribution is 6.34. The second kappa shape index (κ2) is 4.85. The first-order valence-electron chi connectivity index (χ1n) is 6.15. The minimum Gasteiger partial charge on any atom is -0.345 e. The van der Waals surface area contributed by atoms with E-state index in [9.17, 15) is 9.59 Å². The normalized spacial score (nSPS) is 22.3. The summed E-state index contributed by atoms with van der Waals surface area (Å²) < 4.78 is 0. The topological polar surface area (TPSA) is 87.5 Å². The van der Waals surface area contributed by atoms with Crippen LogP contribution in [0.2, 0.25) is 0 Å². The predicted octanol–water partition coefficient (Wildman–Crippen LogP) is -0.256. The van der Waals surface area contributed by atoms with Crippen molar-refractivity contribution in [3.05, 3.63) is 0 Å². The highest BCUT2D eigenvalue weighted by atomic mass is 16.2. The minimum atomic E-state index is -0.718. The fourth-order valence-electron chi connectivity index (χ4n) is 2.83. The number of nitrogens with two attached hydrogens (primary N) is 1. The molecule has 0 saturated carbocycles. The molecule has 1 aliphatic rings. The molecule has 0 radical (unpaired) electrons. The van der Waals surface area contributed by atoms with Gasteiger partial charge in [0.1, 0.15) is 0 Å². The minimum absolute atomic E-state index is 0.0207. The van der Waals surface area contributed by atoms with Crippen LogP contribution in [0.15, 0.2) is 0 Å². The van der Waals surface area contributed by atoms with E-state index in [-0.39, 0.29) is 17.1 Å². The van der Waals surface area contributed by atoms with Gasteiger partial charge in [0.25, 0.3) is 0 Å². The number of hydrogen-bond donors (Lipinski definition) is 3. The number of rotatable bonds is 1. The summed E-state index contributed by atoms with van der Waals surface area (Å²) in [5, 5.41) is 7.08. The van der Waals surface area contributed by atoms with Crippen LogP contribution in [0.1, 0.15) is 40.5 Å². The van der Waals surface area contributed by atoms with Crippen molar-refractivity contribution in [2.45, 2.75) is 57.7 Å². The smallest absolute Gasteiger partial charge is 0.325 e. The van der Waals surface area contributed by atoms with Crippen LogP contribution in [-0.4, -0.2) is 41.0 Å². The molecule has 0 unspecified atom stereocenters. The first-order chi connectivity index (χ1) is 8.02. The summed E-state index contributed by atoms with van der Waals surface area (Å²) in [5.41, 5.74) is -0.144. The molecule has 104 valence electrons. The van der Waals surface area contributed by atoms with Crippen LogP contribution < -0.4 is 16.5 Å². The summed E-state index contributed by atoms with van der Waals surface area (Å²) in [6, 6.07) is -0.0207. The summed E-state index contributed by atoms with van der Waals surface area (Å²) in [6.45, 7) is 8.35. The van der Waals surface area contributed by atoms with E-state index < -0.39 is 11.8 Å². The van der Waals surface area contributed by atoms with E-state index >= 15 is 0 Å². The van der Waals surface area contributed by atoms with Gasteiger partial charge < -0.3 is 10.6 Å². The van der Waals surface area contributed by atoms with Gasteiger partial charge >= 0.3 is 11.8 Å². The van der Waals surface area contributed by atoms with Gasteiger partial charge in [-0.05, 0) is 40.5 Å². The van der Waals surface area contributed by atoms with E-state index in [2.05, 4.69) is 38.3 Å². The molecule has 18 heavy (non-hydrogen) atoms. The Kier molecular flexibility index (Phi) is 4.02. The third kappa shape index (κ3) is 3.96. The number of piperidine rings is 1. The molecule has 1 rings (SSSR count). The van der Waals surface area contributed by atoms with Crippen LogP contribution in [-0.2, 0) is 9.59 Å². The van der Waals surface area contributed by atoms with Crippen molar-refractivity contribution in [3.63, 3.8) is 0 Å². The number of nitrogens with zero attached hydrogens (tertiary/aromatic N) is 1. The average molecular weight is 256 g/mol. The standard InChI is InChI=1S/C12H24N4O2/c1-11(2)6-8(7-12(3,4)15-11)14-9(17)10(18)16(5)13/h8,15H,6-7,13H2,1-5H3,(H,14,17). The maximum absolute atomic E-state index is 11.7. The molecule has 6 heteroatoms. The highest BCUT2D eigenvalue weighted by Gasteiger charge is 2.38. The van der Waals surface area contributed by atoms with Crippen LogP contribution in [0.25, 0.3) is 0 Å². The third-order valence-electron chi connectivity index (χ3n) is 3.04. The fraction of sp³-hybridized carbons (Fsp3) is 0.833. The van der Waals surface area contributed by atoms with E-state index in [0.29, 0.717) is 0 Å². The molecule has 1 heterocycles. The lowest BCUT2D eigenvalue weighted by Crippen LogP contribution is -2.63. The highest BCUT2D eigenvalue weighted by Crippen LogP contribution is 2.28. The van der Waals surface area contributed by atoms with Crippen molar-refractivity contribution in [2.75, 3.05) is 7.05 Å². The number of carbonyl (C=O) groups excluding carboxylic acids is 2. The van der Waals surface area contributed by atoms with E-state index in [0.717, 1.165) is 17.9 Å². The van der Waals surface area contributed by atoms with Crippen molar-refractivity contribution >= 4 is 11.8 Å². The fourth-order valence-corrected chi connectivity index (χ4v) is 2.83. The maximum Gasteiger partial charge on any atom is 0.325 e. The number of hydrazine groups is 1. The number of nitrogens with one attached hydrogen (secondary N) is 2. The molecule has 1 aliphatic heterocycles. The Bertz CT molecular complexity index is 334. The van der Waals surface area contributed by atoms with Crippen LogP contribution in [0, 0.1) is 0 Å². The quantitative estimate of drug-likeness (QED) is 0.261. The van der Waals surface area contributed by atoms with Crippen molar-refractivity contribution in [1.29, 1.82) is 0 Å². The van der Waals surface area contributed by atoms with E-state index in [1.165, 1.54) is 7.05 Å². The SMILES string of the molecule is CN(N)C(=O)C(=O)NC1CC(C)(C)NC(C)(C)C1. The number of likely N-dealkylation sites (N-methyl/N-ethyl adjacent to an activating group) is 1. The summed E-state index contributed by atoms with van der Waals surface area (Å²) in [6.07, 6.45) is 1.56. The third-order valence-corrected chi connectivity index (χ3v) is 3.04. The Morgan fingerprint density at radius 2 is 1.67 bits per heavy atom. The molecule has 2 amide bonds. The summed E-state index contributed by atoms with van der Waals surface area (Å²) in [4.78, 5) is 23.1. The Morgan fingerprint density at radius 3 is 2.06 bits per heavy atom. The predicted molar refractivity (Wildman–Crippen MR) is 69.4 cm³/mol. The molecule has 1 saturated heterocycles. The molecule has 0 aromatic heterocycles. The van der Waals surface area contributed by atoms with Gasteiger partial charge in [0, 0.05) is 24.2 Å². The largest absolute Gasteiger partial charge is 0.345 e. The van der Waals surface area contributed by atoms with Crippen molar-refractivity contribution < 1.29 is 9.59 Å². The van der Waals surface area contributed by atoms with Crippen molar-refractivity contribution in [1.82, 2.24) is 15.6 Å². The van der Waals surface area contributed by atoms with Gasteiger partial charge in [-0.2, -0.15) is 0 Å². The Morgan fingerprint density at radius 1 is 1.22 bits per heavy atom. The monoisotopic (exact) mass is 256 g/mol. The average Bonchev–Trinajstić information content (AvgIpc) is 2.10. The van der Waals surface area contributed by atoms with Gasteiger partial charge in [-0.3, -0.25) is 14.6 Å². The van der Waals surface area contributed by atoms with Gasteiger partial charge in [0.05, 0.1) is 0 Å². The summed E-state index contributed by atoms with van der Waals surface area (Å²) in [5.74, 6) is 3.90. The zero-order chi connectivity index (χ0) is 14.1. The molecule has 6 nitrogen and oxygen atoms in total. The molecular weight excluding hydrogens is 232 g/mol. The van der Waals surface area contributed by atoms with E-state index in [1.54, 1.807) is 0 Å². The van der Waals surface area contributed by atoms with Gasteiger partial charge in [-0.15, -0.1) is 0 Å². The lowest BCUT2D eigenvalue weighted by atomic mass is 9.79. The lowest BCUT2D eigenvalue weighted by molar-refractivity contribution is -0.145. The molecule has 1 fully saturated rings. The van der Waals surface area contributed by atoms with Crippen molar-refractivity contribution in [3.8, 4) is 0 Å². The van der Waals surface area contributed by atoms with Crippen molar-refractivity contribution in [2.24, 2.45) is 5.84 Å². The number of hydrogen-bond acceptors (Lipinski definition) is 4. The van der Waals surface area contributed by atoms with Gasteiger partial charge in [0.15, 0.2) is 0 Å². The maximum atomic E-state index is 11.7. The molecule has 0 aliphatic carbocycles. The lowest BCUT2D eigenvalue weighted by Gasteiger charge is -2.46. The Labute approximate surface area is 108 Å². The molecule has 0 atom stereocenters. The van der Waals surface area contributed by atoms with Crippen LogP contribution in [0.3, 0.4) is 0 Å². The van der Waals surface area contributed by atoms with Gasteiger partial charge in [0.2, 0.25) is 0 Å². The molecule has 0 spiro atoms. The summed E-state index contributed by atoms with van der Waals surface area (Å²) >= 11 is 0.